The van der Waals surface area contributed by atoms with Gasteiger partial charge in [0.2, 0.25) is 5.91 Å². The van der Waals surface area contributed by atoms with E-state index in [2.05, 4.69) is 22.9 Å². The van der Waals surface area contributed by atoms with E-state index in [1.165, 1.54) is 19.3 Å². The Morgan fingerprint density at radius 1 is 0.900 bits per heavy atom. The molecule has 6 heteroatoms. The van der Waals surface area contributed by atoms with Crippen molar-refractivity contribution in [3.63, 3.8) is 0 Å². The first-order valence-corrected chi connectivity index (χ1v) is 10.7. The summed E-state index contributed by atoms with van der Waals surface area (Å²) in [7, 11) is 0. The summed E-state index contributed by atoms with van der Waals surface area (Å²) < 4.78 is 5.71. The molecular formula is C24H33N3O3. The number of carbonyl (C=O) groups excluding carboxylic acids is 2. The van der Waals surface area contributed by atoms with Crippen LogP contribution in [0.3, 0.4) is 0 Å². The third-order valence-corrected chi connectivity index (χ3v) is 4.42. The number of rotatable bonds is 12. The number of benzene rings is 2. The van der Waals surface area contributed by atoms with Crippen molar-refractivity contribution in [3.05, 3.63) is 54.1 Å². The lowest BCUT2D eigenvalue weighted by molar-refractivity contribution is -0.114. The SMILES string of the molecule is CCCCCCOc1ccc(NC(=O)CNc2ccc(C(=O)NC(C)C)cc2)cc1. The van der Waals surface area contributed by atoms with E-state index in [0.29, 0.717) is 12.2 Å². The van der Waals surface area contributed by atoms with Crippen molar-refractivity contribution in [2.45, 2.75) is 52.5 Å². The number of hydrogen-bond donors (Lipinski definition) is 3. The van der Waals surface area contributed by atoms with E-state index < -0.39 is 0 Å². The van der Waals surface area contributed by atoms with Crippen LogP contribution >= 0.6 is 0 Å². The number of unbranched alkanes of at least 4 members (excludes halogenated alkanes) is 3. The van der Waals surface area contributed by atoms with Gasteiger partial charge in [-0.1, -0.05) is 26.2 Å². The molecule has 0 spiro atoms. The zero-order valence-corrected chi connectivity index (χ0v) is 18.2. The first-order valence-electron chi connectivity index (χ1n) is 10.7. The molecule has 0 bridgehead atoms. The van der Waals surface area contributed by atoms with Crippen LogP contribution in [0.2, 0.25) is 0 Å². The minimum Gasteiger partial charge on any atom is -0.494 e. The molecule has 6 nitrogen and oxygen atoms in total. The van der Waals surface area contributed by atoms with Crippen LogP contribution in [-0.4, -0.2) is 31.0 Å². The molecule has 162 valence electrons. The fourth-order valence-corrected chi connectivity index (χ4v) is 2.83. The molecule has 30 heavy (non-hydrogen) atoms. The average Bonchev–Trinajstić information content (AvgIpc) is 2.73. The van der Waals surface area contributed by atoms with Crippen molar-refractivity contribution in [1.82, 2.24) is 5.32 Å². The minimum absolute atomic E-state index is 0.0884. The average molecular weight is 412 g/mol. The van der Waals surface area contributed by atoms with E-state index in [4.69, 9.17) is 4.74 Å². The molecule has 0 aromatic heterocycles. The van der Waals surface area contributed by atoms with Crippen molar-refractivity contribution >= 4 is 23.2 Å². The predicted molar refractivity (Wildman–Crippen MR) is 122 cm³/mol. The lowest BCUT2D eigenvalue weighted by atomic mass is 10.2. The Morgan fingerprint density at radius 2 is 1.57 bits per heavy atom. The Balaban J connectivity index is 1.73. The third kappa shape index (κ3) is 8.55. The normalized spacial score (nSPS) is 10.5. The van der Waals surface area contributed by atoms with Gasteiger partial charge in [-0.05, 0) is 68.8 Å². The fourth-order valence-electron chi connectivity index (χ4n) is 2.83. The number of hydrogen-bond acceptors (Lipinski definition) is 4. The largest absolute Gasteiger partial charge is 0.494 e. The molecule has 0 saturated heterocycles. The van der Waals surface area contributed by atoms with Crippen LogP contribution in [0.5, 0.6) is 5.75 Å². The van der Waals surface area contributed by atoms with Crippen LogP contribution in [0.1, 0.15) is 56.8 Å². The molecule has 2 aromatic carbocycles. The second-order valence-electron chi connectivity index (χ2n) is 7.54. The number of carbonyl (C=O) groups is 2. The van der Waals surface area contributed by atoms with Crippen molar-refractivity contribution < 1.29 is 14.3 Å². The number of ether oxygens (including phenoxy) is 1. The van der Waals surface area contributed by atoms with E-state index in [1.807, 2.05) is 38.1 Å². The Bertz CT molecular complexity index is 786. The smallest absolute Gasteiger partial charge is 0.251 e. The summed E-state index contributed by atoms with van der Waals surface area (Å²) in [6, 6.07) is 14.5. The second-order valence-corrected chi connectivity index (χ2v) is 7.54. The lowest BCUT2D eigenvalue weighted by Gasteiger charge is -2.11. The summed E-state index contributed by atoms with van der Waals surface area (Å²) in [5.74, 6) is 0.553. The number of amides is 2. The zero-order valence-electron chi connectivity index (χ0n) is 18.2. The Hall–Kier alpha value is -3.02. The fraction of sp³-hybridized carbons (Fsp3) is 0.417. The summed E-state index contributed by atoms with van der Waals surface area (Å²) >= 11 is 0. The molecule has 0 aliphatic rings. The van der Waals surface area contributed by atoms with Crippen LogP contribution in [0.15, 0.2) is 48.5 Å². The van der Waals surface area contributed by atoms with Crippen molar-refractivity contribution in [3.8, 4) is 5.75 Å². The molecular weight excluding hydrogens is 378 g/mol. The topological polar surface area (TPSA) is 79.5 Å². The summed E-state index contributed by atoms with van der Waals surface area (Å²) in [6.07, 6.45) is 4.69. The maximum Gasteiger partial charge on any atom is 0.251 e. The number of nitrogens with one attached hydrogen (secondary N) is 3. The van der Waals surface area contributed by atoms with Crippen LogP contribution in [0.4, 0.5) is 11.4 Å². The summed E-state index contributed by atoms with van der Waals surface area (Å²) in [5, 5.41) is 8.76. The van der Waals surface area contributed by atoms with Gasteiger partial charge in [0.1, 0.15) is 5.75 Å². The van der Waals surface area contributed by atoms with Gasteiger partial charge in [0, 0.05) is 23.0 Å². The summed E-state index contributed by atoms with van der Waals surface area (Å²) in [4.78, 5) is 24.1. The van der Waals surface area contributed by atoms with Crippen LogP contribution in [-0.2, 0) is 4.79 Å². The van der Waals surface area contributed by atoms with Crippen LogP contribution < -0.4 is 20.7 Å². The molecule has 0 unspecified atom stereocenters. The van der Waals surface area contributed by atoms with Gasteiger partial charge < -0.3 is 20.7 Å². The second kappa shape index (κ2) is 12.5. The molecule has 3 N–H and O–H groups in total. The number of anilines is 2. The zero-order chi connectivity index (χ0) is 21.8. The lowest BCUT2D eigenvalue weighted by Crippen LogP contribution is -2.30. The molecule has 0 fully saturated rings. The van der Waals surface area contributed by atoms with Gasteiger partial charge in [0.15, 0.2) is 0 Å². The molecule has 2 rings (SSSR count). The van der Waals surface area contributed by atoms with Gasteiger partial charge in [-0.15, -0.1) is 0 Å². The summed E-state index contributed by atoms with van der Waals surface area (Å²) in [6.45, 7) is 6.87. The molecule has 2 aromatic rings. The van der Waals surface area contributed by atoms with E-state index in [-0.39, 0.29) is 24.4 Å². The highest BCUT2D eigenvalue weighted by Gasteiger charge is 2.07. The van der Waals surface area contributed by atoms with Gasteiger partial charge in [-0.3, -0.25) is 9.59 Å². The first-order chi connectivity index (χ1) is 14.5. The van der Waals surface area contributed by atoms with Crippen molar-refractivity contribution in [2.24, 2.45) is 0 Å². The molecule has 0 aliphatic heterocycles. The molecule has 0 atom stereocenters. The highest BCUT2D eigenvalue weighted by molar-refractivity contribution is 5.95. The van der Waals surface area contributed by atoms with Crippen LogP contribution in [0.25, 0.3) is 0 Å². The highest BCUT2D eigenvalue weighted by Crippen LogP contribution is 2.16. The molecule has 0 saturated carbocycles. The highest BCUT2D eigenvalue weighted by atomic mass is 16.5. The van der Waals surface area contributed by atoms with E-state index in [0.717, 1.165) is 23.5 Å². The molecule has 0 heterocycles. The molecule has 2 amide bonds. The predicted octanol–water partition coefficient (Wildman–Crippen LogP) is 4.83. The first kappa shape index (κ1) is 23.3. The standard InChI is InChI=1S/C24H33N3O3/c1-4-5-6-7-16-30-22-14-12-21(13-15-22)27-23(28)17-25-20-10-8-19(9-11-20)24(29)26-18(2)3/h8-15,18,25H,4-7,16-17H2,1-3H3,(H,26,29)(H,27,28). The van der Waals surface area contributed by atoms with Crippen LogP contribution in [0, 0.1) is 0 Å². The van der Waals surface area contributed by atoms with E-state index in [9.17, 15) is 9.59 Å². The Labute approximate surface area is 179 Å². The van der Waals surface area contributed by atoms with E-state index >= 15 is 0 Å². The Kier molecular flexibility index (Phi) is 9.71. The van der Waals surface area contributed by atoms with Crippen molar-refractivity contribution in [1.29, 1.82) is 0 Å². The van der Waals surface area contributed by atoms with Gasteiger partial charge in [0.25, 0.3) is 5.91 Å². The molecule has 0 aliphatic carbocycles. The minimum atomic E-state index is -0.148. The van der Waals surface area contributed by atoms with Crippen molar-refractivity contribution in [2.75, 3.05) is 23.8 Å². The van der Waals surface area contributed by atoms with Gasteiger partial charge in [0.05, 0.1) is 13.2 Å². The van der Waals surface area contributed by atoms with E-state index in [1.54, 1.807) is 24.3 Å². The maximum absolute atomic E-state index is 12.2. The third-order valence-electron chi connectivity index (χ3n) is 4.42. The monoisotopic (exact) mass is 411 g/mol. The summed E-state index contributed by atoms with van der Waals surface area (Å²) in [5.41, 5.74) is 2.09. The van der Waals surface area contributed by atoms with Gasteiger partial charge >= 0.3 is 0 Å². The maximum atomic E-state index is 12.2. The Morgan fingerprint density at radius 3 is 2.20 bits per heavy atom. The van der Waals surface area contributed by atoms with Gasteiger partial charge in [-0.25, -0.2) is 0 Å². The quantitative estimate of drug-likeness (QED) is 0.437. The van der Waals surface area contributed by atoms with Gasteiger partial charge in [-0.2, -0.15) is 0 Å². The molecule has 0 radical (unpaired) electrons.